The van der Waals surface area contributed by atoms with Crippen molar-refractivity contribution in [3.63, 3.8) is 0 Å². The summed E-state index contributed by atoms with van der Waals surface area (Å²) in [6, 6.07) is 23.5. The maximum Gasteiger partial charge on any atom is 0.192 e. The lowest BCUT2D eigenvalue weighted by atomic mass is 9.69. The van der Waals surface area contributed by atoms with Gasteiger partial charge in [-0.25, -0.2) is 0 Å². The standard InChI is InChI=1S/C28H22ClNO3/c29-19-14-12-17(13-15-19)23-22-11-6-16-30(22)28(24(23)25(31)18-7-2-1-3-8-18)26(32)20-9-4-5-10-21(20)27(28)33/h1-5,7-10,12-15,22-24H,6,11,16H2/t22-,23-,24-/m0/s1. The molecule has 6 rings (SSSR count). The predicted molar refractivity (Wildman–Crippen MR) is 126 cm³/mol. The van der Waals surface area contributed by atoms with Crippen LogP contribution in [0.4, 0.5) is 0 Å². The van der Waals surface area contributed by atoms with Crippen molar-refractivity contribution in [1.29, 1.82) is 0 Å². The van der Waals surface area contributed by atoms with E-state index in [1.165, 1.54) is 0 Å². The van der Waals surface area contributed by atoms with E-state index in [1.54, 1.807) is 36.4 Å². The molecule has 0 aromatic heterocycles. The van der Waals surface area contributed by atoms with Gasteiger partial charge in [0, 0.05) is 33.7 Å². The van der Waals surface area contributed by atoms with Crippen LogP contribution in [0.15, 0.2) is 78.9 Å². The minimum Gasteiger partial charge on any atom is -0.294 e. The van der Waals surface area contributed by atoms with E-state index in [4.69, 9.17) is 11.6 Å². The minimum absolute atomic E-state index is 0.0638. The third-order valence-corrected chi connectivity index (χ3v) is 7.93. The van der Waals surface area contributed by atoms with E-state index in [2.05, 4.69) is 4.90 Å². The summed E-state index contributed by atoms with van der Waals surface area (Å²) in [7, 11) is 0. The molecule has 2 aliphatic heterocycles. The maximum atomic E-state index is 14.2. The largest absolute Gasteiger partial charge is 0.294 e. The first kappa shape index (κ1) is 20.5. The highest BCUT2D eigenvalue weighted by Crippen LogP contribution is 2.57. The number of ketones is 3. The molecule has 33 heavy (non-hydrogen) atoms. The Bertz CT molecular complexity index is 1250. The summed E-state index contributed by atoms with van der Waals surface area (Å²) < 4.78 is 0. The van der Waals surface area contributed by atoms with Crippen LogP contribution in [0.1, 0.15) is 55.4 Å². The summed E-state index contributed by atoms with van der Waals surface area (Å²) in [6.45, 7) is 0.624. The van der Waals surface area contributed by atoms with Gasteiger partial charge in [0.15, 0.2) is 22.9 Å². The molecule has 0 radical (unpaired) electrons. The van der Waals surface area contributed by atoms with Crippen LogP contribution in [-0.2, 0) is 0 Å². The van der Waals surface area contributed by atoms with Gasteiger partial charge >= 0.3 is 0 Å². The van der Waals surface area contributed by atoms with Gasteiger partial charge in [0.2, 0.25) is 0 Å². The van der Waals surface area contributed by atoms with E-state index in [9.17, 15) is 14.4 Å². The summed E-state index contributed by atoms with van der Waals surface area (Å²) in [5.74, 6) is -1.71. The van der Waals surface area contributed by atoms with E-state index < -0.39 is 11.5 Å². The molecule has 2 heterocycles. The Morgan fingerprint density at radius 3 is 2.09 bits per heavy atom. The van der Waals surface area contributed by atoms with E-state index in [-0.39, 0.29) is 29.3 Å². The van der Waals surface area contributed by atoms with Crippen LogP contribution in [-0.4, -0.2) is 40.4 Å². The van der Waals surface area contributed by atoms with Crippen molar-refractivity contribution in [2.24, 2.45) is 5.92 Å². The van der Waals surface area contributed by atoms with Crippen molar-refractivity contribution >= 4 is 29.0 Å². The fourth-order valence-electron chi connectivity index (χ4n) is 6.43. The number of fused-ring (bicyclic) bond motifs is 3. The number of carbonyl (C=O) groups is 3. The average molecular weight is 456 g/mol. The Hall–Kier alpha value is -3.08. The fraction of sp³-hybridized carbons (Fsp3) is 0.250. The summed E-state index contributed by atoms with van der Waals surface area (Å²) in [6.07, 6.45) is 1.73. The van der Waals surface area contributed by atoms with Crippen LogP contribution in [0.3, 0.4) is 0 Å². The number of rotatable bonds is 3. The predicted octanol–water partition coefficient (Wildman–Crippen LogP) is 5.22. The molecule has 5 heteroatoms. The van der Waals surface area contributed by atoms with Gasteiger partial charge in [0.05, 0.1) is 5.92 Å². The molecule has 0 N–H and O–H groups in total. The number of hydrogen-bond donors (Lipinski definition) is 0. The fourth-order valence-corrected chi connectivity index (χ4v) is 6.56. The lowest BCUT2D eigenvalue weighted by Gasteiger charge is -2.35. The van der Waals surface area contributed by atoms with Crippen molar-refractivity contribution in [1.82, 2.24) is 4.90 Å². The molecule has 1 aliphatic carbocycles. The van der Waals surface area contributed by atoms with Gasteiger partial charge in [-0.2, -0.15) is 0 Å². The summed E-state index contributed by atoms with van der Waals surface area (Å²) in [5.41, 5.74) is 0.825. The quantitative estimate of drug-likeness (QED) is 0.401. The summed E-state index contributed by atoms with van der Waals surface area (Å²) >= 11 is 6.17. The monoisotopic (exact) mass is 455 g/mol. The van der Waals surface area contributed by atoms with Gasteiger partial charge < -0.3 is 0 Å². The Labute approximate surface area is 197 Å². The number of halogens is 1. The molecule has 0 unspecified atom stereocenters. The number of Topliss-reactive ketones (excluding diaryl/α,β-unsaturated/α-hetero) is 3. The molecule has 2 fully saturated rings. The van der Waals surface area contributed by atoms with E-state index >= 15 is 0 Å². The van der Waals surface area contributed by atoms with Crippen LogP contribution in [0.2, 0.25) is 5.02 Å². The molecule has 4 nitrogen and oxygen atoms in total. The highest BCUT2D eigenvalue weighted by molar-refractivity contribution is 6.35. The Morgan fingerprint density at radius 2 is 1.45 bits per heavy atom. The second-order valence-corrected chi connectivity index (χ2v) is 9.59. The summed E-state index contributed by atoms with van der Waals surface area (Å²) in [4.78, 5) is 44.5. The first-order valence-electron chi connectivity index (χ1n) is 11.3. The smallest absolute Gasteiger partial charge is 0.192 e. The topological polar surface area (TPSA) is 54.5 Å². The Balaban J connectivity index is 1.61. The normalized spacial score (nSPS) is 25.4. The third-order valence-electron chi connectivity index (χ3n) is 7.68. The number of benzene rings is 3. The van der Waals surface area contributed by atoms with Gasteiger partial charge in [-0.05, 0) is 37.1 Å². The number of nitrogens with zero attached hydrogens (tertiary/aromatic N) is 1. The van der Waals surface area contributed by atoms with Gasteiger partial charge in [0.1, 0.15) is 0 Å². The minimum atomic E-state index is -1.50. The van der Waals surface area contributed by atoms with E-state index in [0.717, 1.165) is 18.4 Å². The van der Waals surface area contributed by atoms with Gasteiger partial charge in [-0.3, -0.25) is 19.3 Å². The van der Waals surface area contributed by atoms with Crippen LogP contribution in [0.5, 0.6) is 0 Å². The molecular weight excluding hydrogens is 434 g/mol. The van der Waals surface area contributed by atoms with Gasteiger partial charge in [-0.15, -0.1) is 0 Å². The van der Waals surface area contributed by atoms with Crippen molar-refractivity contribution in [2.45, 2.75) is 30.3 Å². The van der Waals surface area contributed by atoms with Crippen molar-refractivity contribution in [3.05, 3.63) is 106 Å². The molecule has 3 atom stereocenters. The summed E-state index contributed by atoms with van der Waals surface area (Å²) in [5, 5.41) is 0.612. The van der Waals surface area contributed by atoms with Gasteiger partial charge in [0.25, 0.3) is 0 Å². The second-order valence-electron chi connectivity index (χ2n) is 9.16. The van der Waals surface area contributed by atoms with Gasteiger partial charge in [-0.1, -0.05) is 78.3 Å². The third kappa shape index (κ3) is 2.71. The molecule has 164 valence electrons. The molecule has 0 saturated carbocycles. The maximum absolute atomic E-state index is 14.2. The van der Waals surface area contributed by atoms with Crippen LogP contribution in [0, 0.1) is 5.92 Å². The van der Waals surface area contributed by atoms with Crippen LogP contribution >= 0.6 is 11.6 Å². The molecular formula is C28H22ClNO3. The van der Waals surface area contributed by atoms with Crippen LogP contribution in [0.25, 0.3) is 0 Å². The van der Waals surface area contributed by atoms with E-state index in [1.807, 2.05) is 42.5 Å². The highest BCUT2D eigenvalue weighted by atomic mass is 35.5. The SMILES string of the molecule is O=C(c1ccccc1)[C@@H]1[C@@H](c2ccc(Cl)cc2)[C@@H]2CCCN2C12C(=O)c1ccccc1C2=O. The lowest BCUT2D eigenvalue weighted by Crippen LogP contribution is -2.58. The van der Waals surface area contributed by atoms with Crippen molar-refractivity contribution < 1.29 is 14.4 Å². The first-order valence-corrected chi connectivity index (χ1v) is 11.7. The zero-order chi connectivity index (χ0) is 22.7. The molecule has 0 bridgehead atoms. The second kappa shape index (κ2) is 7.47. The number of carbonyl (C=O) groups excluding carboxylic acids is 3. The molecule has 3 aromatic rings. The molecule has 2 saturated heterocycles. The molecule has 3 aromatic carbocycles. The Kier molecular flexibility index (Phi) is 4.65. The molecule has 1 spiro atoms. The van der Waals surface area contributed by atoms with Crippen LogP contribution < -0.4 is 0 Å². The average Bonchev–Trinajstić information content (AvgIpc) is 3.49. The first-order chi connectivity index (χ1) is 16.0. The highest BCUT2D eigenvalue weighted by Gasteiger charge is 2.72. The lowest BCUT2D eigenvalue weighted by molar-refractivity contribution is 0.0472. The van der Waals surface area contributed by atoms with Crippen molar-refractivity contribution in [3.8, 4) is 0 Å². The number of hydrogen-bond acceptors (Lipinski definition) is 4. The Morgan fingerprint density at radius 1 is 0.848 bits per heavy atom. The molecule has 3 aliphatic rings. The zero-order valence-electron chi connectivity index (χ0n) is 17.9. The van der Waals surface area contributed by atoms with Crippen molar-refractivity contribution in [2.75, 3.05) is 6.54 Å². The zero-order valence-corrected chi connectivity index (χ0v) is 18.7. The van der Waals surface area contributed by atoms with E-state index in [0.29, 0.717) is 28.3 Å². The molecule has 0 amide bonds.